The summed E-state index contributed by atoms with van der Waals surface area (Å²) in [5.74, 6) is -0.706. The highest BCUT2D eigenvalue weighted by Gasteiger charge is 2.32. The number of halogens is 4. The van der Waals surface area contributed by atoms with Crippen molar-refractivity contribution in [3.8, 4) is 11.8 Å². The predicted octanol–water partition coefficient (Wildman–Crippen LogP) is 4.34. The number of nitrogens with zero attached hydrogens (tertiary/aromatic N) is 1. The molecular weight excluding hydrogens is 298 g/mol. The summed E-state index contributed by atoms with van der Waals surface area (Å²) in [5, 5.41) is 8.85. The smallest absolute Gasteiger partial charge is 0.416 e. The van der Waals surface area contributed by atoms with Crippen LogP contribution in [0.3, 0.4) is 0 Å². The third-order valence-electron chi connectivity index (χ3n) is 3.04. The molecular formula is C16H11F4NO. The molecule has 2 aromatic carbocycles. The van der Waals surface area contributed by atoms with Crippen molar-refractivity contribution in [3.63, 3.8) is 0 Å². The van der Waals surface area contributed by atoms with Crippen molar-refractivity contribution in [2.75, 3.05) is 6.61 Å². The quantitative estimate of drug-likeness (QED) is 0.787. The molecule has 114 valence electrons. The number of benzene rings is 2. The lowest BCUT2D eigenvalue weighted by molar-refractivity contribution is -0.138. The Morgan fingerprint density at radius 3 is 2.45 bits per heavy atom. The van der Waals surface area contributed by atoms with E-state index in [0.29, 0.717) is 0 Å². The number of nitriles is 1. The Morgan fingerprint density at radius 2 is 1.77 bits per heavy atom. The molecule has 0 amide bonds. The maximum absolute atomic E-state index is 13.4. The van der Waals surface area contributed by atoms with E-state index in [1.165, 1.54) is 30.3 Å². The van der Waals surface area contributed by atoms with Gasteiger partial charge in [-0.15, -0.1) is 0 Å². The van der Waals surface area contributed by atoms with Gasteiger partial charge in [0.2, 0.25) is 0 Å². The molecule has 0 aliphatic carbocycles. The van der Waals surface area contributed by atoms with Gasteiger partial charge >= 0.3 is 6.18 Å². The van der Waals surface area contributed by atoms with Gasteiger partial charge in [-0.05, 0) is 23.8 Å². The highest BCUT2D eigenvalue weighted by Crippen LogP contribution is 2.32. The summed E-state index contributed by atoms with van der Waals surface area (Å²) in [4.78, 5) is 0. The summed E-state index contributed by atoms with van der Waals surface area (Å²) in [6.45, 7) is -0.0920. The summed E-state index contributed by atoms with van der Waals surface area (Å²) in [6, 6.07) is 10.7. The van der Waals surface area contributed by atoms with Gasteiger partial charge in [-0.25, -0.2) is 4.39 Å². The second-order valence-electron chi connectivity index (χ2n) is 4.48. The highest BCUT2D eigenvalue weighted by atomic mass is 19.4. The Hall–Kier alpha value is -2.55. The third-order valence-corrected chi connectivity index (χ3v) is 3.04. The molecule has 22 heavy (non-hydrogen) atoms. The molecule has 0 atom stereocenters. The summed E-state index contributed by atoms with van der Waals surface area (Å²) >= 11 is 0. The maximum atomic E-state index is 13.4. The second-order valence-corrected chi connectivity index (χ2v) is 4.48. The molecule has 2 nitrogen and oxygen atoms in total. The molecule has 0 N–H and O–H groups in total. The first-order chi connectivity index (χ1) is 10.4. The van der Waals surface area contributed by atoms with E-state index in [4.69, 9.17) is 10.00 Å². The lowest BCUT2D eigenvalue weighted by atomic mass is 10.0. The maximum Gasteiger partial charge on any atom is 0.416 e. The SMILES string of the molecule is N#Cc1c(F)cccc1OCCc1ccccc1C(F)(F)F. The van der Waals surface area contributed by atoms with Gasteiger partial charge in [-0.1, -0.05) is 24.3 Å². The molecule has 0 saturated carbocycles. The van der Waals surface area contributed by atoms with Crippen LogP contribution in [0.25, 0.3) is 0 Å². The predicted molar refractivity (Wildman–Crippen MR) is 71.8 cm³/mol. The Morgan fingerprint density at radius 1 is 1.05 bits per heavy atom. The van der Waals surface area contributed by atoms with Crippen molar-refractivity contribution in [3.05, 3.63) is 65.0 Å². The van der Waals surface area contributed by atoms with E-state index < -0.39 is 17.6 Å². The molecule has 0 aliphatic rings. The van der Waals surface area contributed by atoms with Crippen LogP contribution >= 0.6 is 0 Å². The minimum Gasteiger partial charge on any atom is -0.492 e. The van der Waals surface area contributed by atoms with Crippen LogP contribution in [0, 0.1) is 17.1 Å². The van der Waals surface area contributed by atoms with Crippen molar-refractivity contribution in [1.29, 1.82) is 5.26 Å². The standard InChI is InChI=1S/C16H11F4NO/c17-14-6-3-7-15(12(14)10-21)22-9-8-11-4-1-2-5-13(11)16(18,19)20/h1-7H,8-9H2. The molecule has 0 radical (unpaired) electrons. The molecule has 0 saturated heterocycles. The fourth-order valence-electron chi connectivity index (χ4n) is 2.02. The zero-order valence-electron chi connectivity index (χ0n) is 11.3. The lowest BCUT2D eigenvalue weighted by Gasteiger charge is -2.13. The van der Waals surface area contributed by atoms with E-state index in [9.17, 15) is 17.6 Å². The van der Waals surface area contributed by atoms with Gasteiger partial charge in [0, 0.05) is 6.42 Å². The molecule has 2 aromatic rings. The summed E-state index contributed by atoms with van der Waals surface area (Å²) in [6.07, 6.45) is -4.44. The fraction of sp³-hybridized carbons (Fsp3) is 0.188. The average Bonchev–Trinajstić information content (AvgIpc) is 2.47. The van der Waals surface area contributed by atoms with Gasteiger partial charge in [0.05, 0.1) is 12.2 Å². The fourth-order valence-corrected chi connectivity index (χ4v) is 2.02. The molecule has 0 unspecified atom stereocenters. The second kappa shape index (κ2) is 6.48. The van der Waals surface area contributed by atoms with E-state index in [-0.39, 0.29) is 29.9 Å². The Labute approximate surface area is 124 Å². The minimum atomic E-state index is -4.44. The van der Waals surface area contributed by atoms with Crippen molar-refractivity contribution in [2.24, 2.45) is 0 Å². The molecule has 0 spiro atoms. The molecule has 0 aromatic heterocycles. The minimum absolute atomic E-state index is 0.00291. The Bertz CT molecular complexity index is 704. The average molecular weight is 309 g/mol. The van der Waals surface area contributed by atoms with E-state index in [0.717, 1.165) is 12.1 Å². The summed E-state index contributed by atoms with van der Waals surface area (Å²) < 4.78 is 57.1. The monoisotopic (exact) mass is 309 g/mol. The first kappa shape index (κ1) is 15.8. The van der Waals surface area contributed by atoms with Crippen LogP contribution in [0.15, 0.2) is 42.5 Å². The zero-order valence-corrected chi connectivity index (χ0v) is 11.3. The molecule has 0 aliphatic heterocycles. The van der Waals surface area contributed by atoms with Crippen molar-refractivity contribution < 1.29 is 22.3 Å². The number of alkyl halides is 3. The molecule has 6 heteroatoms. The van der Waals surface area contributed by atoms with Gasteiger partial charge in [0.25, 0.3) is 0 Å². The first-order valence-electron chi connectivity index (χ1n) is 6.40. The number of hydrogen-bond acceptors (Lipinski definition) is 2. The topological polar surface area (TPSA) is 33.0 Å². The van der Waals surface area contributed by atoms with Crippen molar-refractivity contribution in [1.82, 2.24) is 0 Å². The number of rotatable bonds is 4. The van der Waals surface area contributed by atoms with Crippen LogP contribution in [-0.2, 0) is 12.6 Å². The van der Waals surface area contributed by atoms with E-state index >= 15 is 0 Å². The zero-order chi connectivity index (χ0) is 16.2. The highest BCUT2D eigenvalue weighted by molar-refractivity contribution is 5.43. The molecule has 0 fully saturated rings. The van der Waals surface area contributed by atoms with E-state index in [1.807, 2.05) is 0 Å². The normalized spacial score (nSPS) is 11.0. The van der Waals surface area contributed by atoms with Crippen molar-refractivity contribution >= 4 is 0 Å². The van der Waals surface area contributed by atoms with Gasteiger partial charge in [0.1, 0.15) is 23.2 Å². The molecule has 0 heterocycles. The lowest BCUT2D eigenvalue weighted by Crippen LogP contribution is -2.11. The largest absolute Gasteiger partial charge is 0.492 e. The summed E-state index contributed by atoms with van der Waals surface area (Å²) in [7, 11) is 0. The molecule has 2 rings (SSSR count). The van der Waals surface area contributed by atoms with Gasteiger partial charge in [-0.2, -0.15) is 18.4 Å². The van der Waals surface area contributed by atoms with E-state index in [1.54, 1.807) is 6.07 Å². The third kappa shape index (κ3) is 3.55. The molecule has 0 bridgehead atoms. The van der Waals surface area contributed by atoms with Gasteiger partial charge in [-0.3, -0.25) is 0 Å². The van der Waals surface area contributed by atoms with Crippen LogP contribution in [0.5, 0.6) is 5.75 Å². The first-order valence-corrected chi connectivity index (χ1v) is 6.40. The van der Waals surface area contributed by atoms with Crippen LogP contribution in [0.4, 0.5) is 17.6 Å². The Balaban J connectivity index is 2.10. The number of hydrogen-bond donors (Lipinski definition) is 0. The van der Waals surface area contributed by atoms with Crippen LogP contribution in [-0.4, -0.2) is 6.61 Å². The van der Waals surface area contributed by atoms with Crippen molar-refractivity contribution in [2.45, 2.75) is 12.6 Å². The van der Waals surface area contributed by atoms with Gasteiger partial charge in [0.15, 0.2) is 0 Å². The van der Waals surface area contributed by atoms with Crippen LogP contribution in [0.2, 0.25) is 0 Å². The van der Waals surface area contributed by atoms with Crippen LogP contribution < -0.4 is 4.74 Å². The summed E-state index contributed by atoms with van der Waals surface area (Å²) in [5.41, 5.74) is -0.894. The van der Waals surface area contributed by atoms with Crippen LogP contribution in [0.1, 0.15) is 16.7 Å². The van der Waals surface area contributed by atoms with Gasteiger partial charge < -0.3 is 4.74 Å². The van der Waals surface area contributed by atoms with E-state index in [2.05, 4.69) is 0 Å². The number of ether oxygens (including phenoxy) is 1. The Kier molecular flexibility index (Phi) is 4.66.